The molecule has 0 aliphatic carbocycles. The van der Waals surface area contributed by atoms with Gasteiger partial charge in [-0.3, -0.25) is 0 Å². The van der Waals surface area contributed by atoms with Crippen molar-refractivity contribution in [2.45, 2.75) is 0 Å². The molecule has 0 atom stereocenters. The van der Waals surface area contributed by atoms with Crippen molar-refractivity contribution in [3.63, 3.8) is 0 Å². The molecular weight excluding hydrogens is 328 g/mol. The number of ether oxygens (including phenoxy) is 1. The van der Waals surface area contributed by atoms with E-state index in [1.807, 2.05) is 42.5 Å². The quantitative estimate of drug-likeness (QED) is 0.424. The van der Waals surface area contributed by atoms with E-state index in [4.69, 9.17) is 4.74 Å². The molecule has 4 aromatic rings. The standard InChI is InChI=1S/C22H14O4/c23-21(24)18-13-12-15-7-2-4-10-17(15)20(18)22(25)26-19-11-5-8-14-6-1-3-9-16(14)19/h1-13H,(H,23,24). The Morgan fingerprint density at radius 2 is 1.31 bits per heavy atom. The van der Waals surface area contributed by atoms with Crippen LogP contribution in [0.1, 0.15) is 20.7 Å². The summed E-state index contributed by atoms with van der Waals surface area (Å²) in [5.41, 5.74) is -0.0162. The lowest BCUT2D eigenvalue weighted by Crippen LogP contribution is -2.15. The van der Waals surface area contributed by atoms with Gasteiger partial charge >= 0.3 is 11.9 Å². The van der Waals surface area contributed by atoms with Crippen LogP contribution in [0.5, 0.6) is 5.75 Å². The summed E-state index contributed by atoms with van der Waals surface area (Å²) in [6.07, 6.45) is 0. The predicted octanol–water partition coefficient (Wildman–Crippen LogP) is 4.91. The fourth-order valence-electron chi connectivity index (χ4n) is 3.11. The van der Waals surface area contributed by atoms with Gasteiger partial charge in [0.1, 0.15) is 5.75 Å². The van der Waals surface area contributed by atoms with Gasteiger partial charge in [0.2, 0.25) is 0 Å². The molecule has 0 amide bonds. The third-order valence-corrected chi connectivity index (χ3v) is 4.32. The minimum Gasteiger partial charge on any atom is -0.478 e. The van der Waals surface area contributed by atoms with Gasteiger partial charge in [-0.05, 0) is 28.3 Å². The van der Waals surface area contributed by atoms with Crippen molar-refractivity contribution in [3.8, 4) is 5.75 Å². The molecule has 0 aliphatic heterocycles. The summed E-state index contributed by atoms with van der Waals surface area (Å²) in [5, 5.41) is 12.6. The molecular formula is C22H14O4. The van der Waals surface area contributed by atoms with Crippen LogP contribution in [0.3, 0.4) is 0 Å². The topological polar surface area (TPSA) is 63.6 Å². The number of hydrogen-bond acceptors (Lipinski definition) is 3. The molecule has 0 aliphatic rings. The second-order valence-corrected chi connectivity index (χ2v) is 5.88. The second kappa shape index (κ2) is 6.33. The van der Waals surface area contributed by atoms with Crippen LogP contribution < -0.4 is 4.74 Å². The molecule has 0 bridgehead atoms. The third-order valence-electron chi connectivity index (χ3n) is 4.32. The Balaban J connectivity index is 1.86. The van der Waals surface area contributed by atoms with Gasteiger partial charge in [-0.25, -0.2) is 9.59 Å². The van der Waals surface area contributed by atoms with Gasteiger partial charge in [0.25, 0.3) is 0 Å². The molecule has 4 heteroatoms. The van der Waals surface area contributed by atoms with Crippen molar-refractivity contribution in [2.75, 3.05) is 0 Å². The maximum Gasteiger partial charge on any atom is 0.345 e. The monoisotopic (exact) mass is 342 g/mol. The van der Waals surface area contributed by atoms with E-state index in [-0.39, 0.29) is 11.1 Å². The van der Waals surface area contributed by atoms with Crippen molar-refractivity contribution in [1.29, 1.82) is 0 Å². The van der Waals surface area contributed by atoms with Gasteiger partial charge < -0.3 is 9.84 Å². The van der Waals surface area contributed by atoms with Crippen LogP contribution in [-0.2, 0) is 0 Å². The number of esters is 1. The summed E-state index contributed by atoms with van der Waals surface area (Å²) in [6.45, 7) is 0. The summed E-state index contributed by atoms with van der Waals surface area (Å²) in [6, 6.07) is 23.2. The molecule has 0 saturated carbocycles. The summed E-state index contributed by atoms with van der Waals surface area (Å²) in [5.74, 6) is -1.45. The van der Waals surface area contributed by atoms with E-state index in [1.165, 1.54) is 6.07 Å². The van der Waals surface area contributed by atoms with Crippen molar-refractivity contribution < 1.29 is 19.4 Å². The third kappa shape index (κ3) is 2.67. The van der Waals surface area contributed by atoms with E-state index in [9.17, 15) is 14.7 Å². The van der Waals surface area contributed by atoms with Crippen LogP contribution in [0.25, 0.3) is 21.5 Å². The summed E-state index contributed by atoms with van der Waals surface area (Å²) in [4.78, 5) is 24.5. The highest BCUT2D eigenvalue weighted by Crippen LogP contribution is 2.28. The van der Waals surface area contributed by atoms with E-state index in [0.29, 0.717) is 11.1 Å². The van der Waals surface area contributed by atoms with E-state index in [1.54, 1.807) is 30.3 Å². The molecule has 4 aromatic carbocycles. The van der Waals surface area contributed by atoms with Gasteiger partial charge in [0, 0.05) is 5.39 Å². The first-order chi connectivity index (χ1) is 12.6. The van der Waals surface area contributed by atoms with Crippen molar-refractivity contribution in [1.82, 2.24) is 0 Å². The predicted molar refractivity (Wildman–Crippen MR) is 99.8 cm³/mol. The Kier molecular flexibility index (Phi) is 3.86. The van der Waals surface area contributed by atoms with Crippen LogP contribution in [-0.4, -0.2) is 17.0 Å². The maximum absolute atomic E-state index is 12.9. The van der Waals surface area contributed by atoms with E-state index in [2.05, 4.69) is 0 Å². The molecule has 4 nitrogen and oxygen atoms in total. The number of carbonyl (C=O) groups excluding carboxylic acids is 1. The minimum atomic E-state index is -1.17. The fourth-order valence-corrected chi connectivity index (χ4v) is 3.11. The van der Waals surface area contributed by atoms with Gasteiger partial charge in [-0.2, -0.15) is 0 Å². The van der Waals surface area contributed by atoms with Crippen LogP contribution in [0.4, 0.5) is 0 Å². The lowest BCUT2D eigenvalue weighted by molar-refractivity contribution is 0.0670. The Bertz CT molecular complexity index is 1160. The number of fused-ring (bicyclic) bond motifs is 2. The zero-order valence-electron chi connectivity index (χ0n) is 13.7. The SMILES string of the molecule is O=C(O)c1ccc2ccccc2c1C(=O)Oc1cccc2ccccc12. The van der Waals surface area contributed by atoms with Crippen LogP contribution in [0.2, 0.25) is 0 Å². The summed E-state index contributed by atoms with van der Waals surface area (Å²) in [7, 11) is 0. The first kappa shape index (κ1) is 15.8. The molecule has 0 heterocycles. The number of carboxylic acids is 1. The van der Waals surface area contributed by atoms with Gasteiger partial charge in [0.05, 0.1) is 11.1 Å². The normalized spacial score (nSPS) is 10.8. The highest BCUT2D eigenvalue weighted by molar-refractivity contribution is 6.13. The van der Waals surface area contributed by atoms with Gasteiger partial charge in [-0.1, -0.05) is 66.7 Å². The summed E-state index contributed by atoms with van der Waals surface area (Å²) < 4.78 is 5.61. The largest absolute Gasteiger partial charge is 0.478 e. The number of carboxylic acid groups (broad SMARTS) is 1. The van der Waals surface area contributed by atoms with Crippen molar-refractivity contribution >= 4 is 33.5 Å². The van der Waals surface area contributed by atoms with Crippen LogP contribution >= 0.6 is 0 Å². The Labute approximate surface area is 149 Å². The van der Waals surface area contributed by atoms with Crippen LogP contribution in [0.15, 0.2) is 78.9 Å². The maximum atomic E-state index is 12.9. The van der Waals surface area contributed by atoms with E-state index < -0.39 is 11.9 Å². The average molecular weight is 342 g/mol. The van der Waals surface area contributed by atoms with Gasteiger partial charge in [-0.15, -0.1) is 0 Å². The zero-order valence-corrected chi connectivity index (χ0v) is 13.7. The molecule has 126 valence electrons. The Morgan fingerprint density at radius 3 is 2.04 bits per heavy atom. The molecule has 0 saturated heterocycles. The van der Waals surface area contributed by atoms with Crippen molar-refractivity contribution in [3.05, 3.63) is 90.0 Å². The lowest BCUT2D eigenvalue weighted by atomic mass is 9.99. The lowest BCUT2D eigenvalue weighted by Gasteiger charge is -2.12. The minimum absolute atomic E-state index is 0.0588. The molecule has 4 rings (SSSR count). The molecule has 0 spiro atoms. The Morgan fingerprint density at radius 1 is 0.692 bits per heavy atom. The van der Waals surface area contributed by atoms with Gasteiger partial charge in [0.15, 0.2) is 0 Å². The summed E-state index contributed by atoms with van der Waals surface area (Å²) >= 11 is 0. The average Bonchev–Trinajstić information content (AvgIpc) is 2.67. The highest BCUT2D eigenvalue weighted by Gasteiger charge is 2.22. The first-order valence-electron chi connectivity index (χ1n) is 8.10. The fraction of sp³-hybridized carbons (Fsp3) is 0. The molecule has 0 radical (unpaired) electrons. The Hall–Kier alpha value is -3.66. The number of hydrogen-bond donors (Lipinski definition) is 1. The van der Waals surface area contributed by atoms with Crippen molar-refractivity contribution in [2.24, 2.45) is 0 Å². The second-order valence-electron chi connectivity index (χ2n) is 5.88. The first-order valence-corrected chi connectivity index (χ1v) is 8.10. The molecule has 1 N–H and O–H groups in total. The van der Waals surface area contributed by atoms with Crippen LogP contribution in [0, 0.1) is 0 Å². The molecule has 26 heavy (non-hydrogen) atoms. The number of rotatable bonds is 3. The molecule has 0 unspecified atom stereocenters. The number of benzene rings is 4. The highest BCUT2D eigenvalue weighted by atomic mass is 16.5. The smallest absolute Gasteiger partial charge is 0.345 e. The van der Waals surface area contributed by atoms with E-state index in [0.717, 1.165) is 16.2 Å². The number of carbonyl (C=O) groups is 2. The number of aromatic carboxylic acids is 1. The molecule has 0 fully saturated rings. The zero-order chi connectivity index (χ0) is 18.1. The van der Waals surface area contributed by atoms with E-state index >= 15 is 0 Å². The molecule has 0 aromatic heterocycles.